The molecule has 22 heavy (non-hydrogen) atoms. The molecule has 6 nitrogen and oxygen atoms in total. The maximum atomic E-state index is 12.1. The van der Waals surface area contributed by atoms with Crippen LogP contribution in [0.4, 0.5) is 0 Å². The summed E-state index contributed by atoms with van der Waals surface area (Å²) >= 11 is 1.39. The number of carbonyl (C=O) groups is 1. The van der Waals surface area contributed by atoms with Crippen molar-refractivity contribution in [3.05, 3.63) is 57.6 Å². The van der Waals surface area contributed by atoms with Gasteiger partial charge in [0.05, 0.1) is 16.8 Å². The maximum Gasteiger partial charge on any atom is 0.337 e. The molecule has 0 unspecified atom stereocenters. The second kappa shape index (κ2) is 5.53. The highest BCUT2D eigenvalue weighted by Gasteiger charge is 2.15. The van der Waals surface area contributed by atoms with Gasteiger partial charge in [0.25, 0.3) is 5.56 Å². The number of hydrogen-bond donors (Lipinski definition) is 2. The van der Waals surface area contributed by atoms with Gasteiger partial charge in [-0.2, -0.15) is 0 Å². The van der Waals surface area contributed by atoms with Crippen molar-refractivity contribution in [2.24, 2.45) is 0 Å². The van der Waals surface area contributed by atoms with E-state index in [1.165, 1.54) is 17.4 Å². The Labute approximate surface area is 129 Å². The first-order valence-corrected chi connectivity index (χ1v) is 7.27. The molecule has 0 bridgehead atoms. The van der Waals surface area contributed by atoms with E-state index in [2.05, 4.69) is 15.0 Å². The van der Waals surface area contributed by atoms with Crippen molar-refractivity contribution < 1.29 is 9.90 Å². The van der Waals surface area contributed by atoms with Crippen LogP contribution in [0, 0.1) is 6.92 Å². The van der Waals surface area contributed by atoms with Gasteiger partial charge >= 0.3 is 5.97 Å². The van der Waals surface area contributed by atoms with Gasteiger partial charge in [0.1, 0.15) is 5.01 Å². The van der Waals surface area contributed by atoms with Crippen LogP contribution in [0.15, 0.2) is 40.8 Å². The Balaban J connectivity index is 2.09. The number of carboxylic acid groups (broad SMARTS) is 1. The van der Waals surface area contributed by atoms with Crippen LogP contribution in [0.5, 0.6) is 0 Å². The van der Waals surface area contributed by atoms with Crippen molar-refractivity contribution in [2.45, 2.75) is 6.92 Å². The lowest BCUT2D eigenvalue weighted by Gasteiger charge is -2.03. The van der Waals surface area contributed by atoms with E-state index >= 15 is 0 Å². The summed E-state index contributed by atoms with van der Waals surface area (Å²) in [6.45, 7) is 1.55. The number of nitrogens with zero attached hydrogens (tertiary/aromatic N) is 2. The van der Waals surface area contributed by atoms with Crippen molar-refractivity contribution in [1.29, 1.82) is 0 Å². The van der Waals surface area contributed by atoms with Crippen LogP contribution in [0.25, 0.3) is 21.8 Å². The number of thiazole rings is 1. The zero-order valence-electron chi connectivity index (χ0n) is 11.5. The fourth-order valence-corrected chi connectivity index (χ4v) is 2.89. The molecule has 0 radical (unpaired) electrons. The summed E-state index contributed by atoms with van der Waals surface area (Å²) in [6.07, 6.45) is 3.33. The average molecular weight is 313 g/mol. The van der Waals surface area contributed by atoms with Crippen LogP contribution in [0.1, 0.15) is 16.1 Å². The Bertz CT molecular complexity index is 900. The minimum Gasteiger partial charge on any atom is -0.478 e. The largest absolute Gasteiger partial charge is 0.478 e. The normalized spacial score (nSPS) is 10.6. The van der Waals surface area contributed by atoms with E-state index in [-0.39, 0.29) is 16.7 Å². The zero-order valence-corrected chi connectivity index (χ0v) is 12.3. The van der Waals surface area contributed by atoms with Gasteiger partial charge in [-0.25, -0.2) is 9.78 Å². The van der Waals surface area contributed by atoms with Crippen LogP contribution in [-0.2, 0) is 0 Å². The Morgan fingerprint density at radius 3 is 2.73 bits per heavy atom. The Morgan fingerprint density at radius 1 is 1.32 bits per heavy atom. The molecule has 3 rings (SSSR count). The molecular formula is C15H11N3O3S. The van der Waals surface area contributed by atoms with E-state index in [4.69, 9.17) is 5.11 Å². The zero-order chi connectivity index (χ0) is 15.7. The van der Waals surface area contributed by atoms with Crippen molar-refractivity contribution in [3.8, 4) is 21.8 Å². The van der Waals surface area contributed by atoms with Gasteiger partial charge < -0.3 is 10.1 Å². The van der Waals surface area contributed by atoms with Crippen molar-refractivity contribution >= 4 is 17.3 Å². The van der Waals surface area contributed by atoms with E-state index in [0.717, 1.165) is 10.6 Å². The lowest BCUT2D eigenvalue weighted by atomic mass is 10.1. The topological polar surface area (TPSA) is 95.9 Å². The minimum atomic E-state index is -1.08. The maximum absolute atomic E-state index is 12.1. The van der Waals surface area contributed by atoms with E-state index < -0.39 is 5.97 Å². The number of hydrogen-bond acceptors (Lipinski definition) is 5. The third-order valence-electron chi connectivity index (χ3n) is 3.18. The summed E-state index contributed by atoms with van der Waals surface area (Å²) in [7, 11) is 0. The number of aromatic carboxylic acids is 1. The van der Waals surface area contributed by atoms with Crippen LogP contribution in [0.3, 0.4) is 0 Å². The van der Waals surface area contributed by atoms with Crippen LogP contribution >= 0.6 is 11.3 Å². The van der Waals surface area contributed by atoms with Gasteiger partial charge in [0.2, 0.25) is 0 Å². The highest BCUT2D eigenvalue weighted by atomic mass is 32.1. The number of aromatic nitrogens is 3. The third-order valence-corrected chi connectivity index (χ3v) is 4.07. The number of H-pyrrole nitrogens is 1. The lowest BCUT2D eigenvalue weighted by molar-refractivity contribution is 0.0695. The van der Waals surface area contributed by atoms with Crippen LogP contribution in [0.2, 0.25) is 0 Å². The Morgan fingerprint density at radius 2 is 2.05 bits per heavy atom. The van der Waals surface area contributed by atoms with E-state index in [0.29, 0.717) is 11.4 Å². The van der Waals surface area contributed by atoms with E-state index in [1.54, 1.807) is 24.7 Å². The first kappa shape index (κ1) is 14.2. The van der Waals surface area contributed by atoms with Gasteiger partial charge in [-0.15, -0.1) is 11.3 Å². The van der Waals surface area contributed by atoms with Gasteiger partial charge in [0, 0.05) is 29.0 Å². The second-order valence-electron chi connectivity index (χ2n) is 4.63. The lowest BCUT2D eigenvalue weighted by Crippen LogP contribution is -2.15. The van der Waals surface area contributed by atoms with Gasteiger partial charge in [-0.1, -0.05) is 0 Å². The van der Waals surface area contributed by atoms with Gasteiger partial charge in [-0.3, -0.25) is 9.78 Å². The molecule has 0 aliphatic carbocycles. The predicted octanol–water partition coefficient (Wildman–Crippen LogP) is 2.57. The molecule has 0 saturated heterocycles. The quantitative estimate of drug-likeness (QED) is 0.774. The summed E-state index contributed by atoms with van der Waals surface area (Å²) in [5, 5.41) is 11.6. The molecular weight excluding hydrogens is 302 g/mol. The molecule has 0 spiro atoms. The molecule has 0 aliphatic rings. The first-order valence-electron chi connectivity index (χ1n) is 6.40. The molecule has 3 heterocycles. The summed E-state index contributed by atoms with van der Waals surface area (Å²) < 4.78 is 0. The smallest absolute Gasteiger partial charge is 0.337 e. The molecule has 0 aliphatic heterocycles. The molecule has 0 amide bonds. The van der Waals surface area contributed by atoms with Crippen molar-refractivity contribution in [2.75, 3.05) is 0 Å². The highest BCUT2D eigenvalue weighted by molar-refractivity contribution is 7.13. The van der Waals surface area contributed by atoms with Crippen molar-refractivity contribution in [3.63, 3.8) is 0 Å². The molecule has 3 aromatic heterocycles. The predicted molar refractivity (Wildman–Crippen MR) is 83.1 cm³/mol. The fraction of sp³-hybridized carbons (Fsp3) is 0.0667. The van der Waals surface area contributed by atoms with Crippen LogP contribution < -0.4 is 5.56 Å². The molecule has 0 aromatic carbocycles. The van der Waals surface area contributed by atoms with E-state index in [9.17, 15) is 9.59 Å². The summed E-state index contributed by atoms with van der Waals surface area (Å²) in [4.78, 5) is 34.2. The fourth-order valence-electron chi connectivity index (χ4n) is 2.06. The molecule has 3 aromatic rings. The average Bonchev–Trinajstić information content (AvgIpc) is 2.97. The second-order valence-corrected chi connectivity index (χ2v) is 5.49. The van der Waals surface area contributed by atoms with Gasteiger partial charge in [0.15, 0.2) is 0 Å². The molecule has 0 fully saturated rings. The molecule has 0 saturated carbocycles. The van der Waals surface area contributed by atoms with Gasteiger partial charge in [-0.05, 0) is 25.1 Å². The number of aromatic amines is 1. The molecule has 2 N–H and O–H groups in total. The number of rotatable bonds is 3. The minimum absolute atomic E-state index is 0.0630. The number of aryl methyl sites for hydroxylation is 1. The summed E-state index contributed by atoms with van der Waals surface area (Å²) in [5.74, 6) is -1.08. The van der Waals surface area contributed by atoms with E-state index in [1.807, 2.05) is 12.1 Å². The standard InChI is InChI=1S/C15H11N3O3S/c1-8-10(15(20)21)6-11(13(19)17-8)12-7-22-14(18-12)9-2-4-16-5-3-9/h2-7H,1H3,(H,17,19)(H,20,21). The Hall–Kier alpha value is -2.80. The van der Waals surface area contributed by atoms with Crippen LogP contribution in [-0.4, -0.2) is 26.0 Å². The first-order chi connectivity index (χ1) is 10.6. The number of pyridine rings is 2. The Kier molecular flexibility index (Phi) is 3.56. The summed E-state index contributed by atoms with van der Waals surface area (Å²) in [5.41, 5.74) is 1.64. The molecule has 0 atom stereocenters. The third kappa shape index (κ3) is 2.53. The molecule has 7 heteroatoms. The monoisotopic (exact) mass is 313 g/mol. The van der Waals surface area contributed by atoms with Crippen molar-refractivity contribution in [1.82, 2.24) is 15.0 Å². The summed E-state index contributed by atoms with van der Waals surface area (Å²) in [6, 6.07) is 5.01. The highest BCUT2D eigenvalue weighted by Crippen LogP contribution is 2.27. The SMILES string of the molecule is Cc1[nH]c(=O)c(-c2csc(-c3ccncc3)n2)cc1C(=O)O. The number of carboxylic acids is 1. The molecule has 110 valence electrons. The number of nitrogens with one attached hydrogen (secondary N) is 1.